The first-order valence-electron chi connectivity index (χ1n) is 13.2. The Kier molecular flexibility index (Phi) is 9.70. The standard InChI is InChI=1S/C27H29Cl2F3N4O7/c1-41-25-23(35-9-18(33-34-35)12-4-16(30)22(32)17(31)5-12)24(39)21(10-37)43-26(25)27(40)36(19-11-42-3-2-20(19)38)15-7-13(28)6-14(29)8-15/h4-9,19-21,23-26,33-34,37-39H,2-3,10-11H2,1H3/t19-,20-,21+,23-,24-,25+,26+/m0/s1. The number of anilines is 1. The molecule has 2 saturated heterocycles. The van der Waals surface area contributed by atoms with E-state index in [0.717, 1.165) is 12.1 Å². The fourth-order valence-corrected chi connectivity index (χ4v) is 5.99. The molecule has 0 spiro atoms. The monoisotopic (exact) mass is 648 g/mol. The van der Waals surface area contributed by atoms with E-state index in [9.17, 15) is 33.3 Å². The molecule has 7 atom stereocenters. The lowest BCUT2D eigenvalue weighted by Crippen LogP contribution is -2.69. The van der Waals surface area contributed by atoms with Crippen molar-refractivity contribution >= 4 is 40.5 Å². The van der Waals surface area contributed by atoms with Crippen molar-refractivity contribution in [3.63, 3.8) is 0 Å². The lowest BCUT2D eigenvalue weighted by Gasteiger charge is -2.48. The number of hydrogen-bond acceptors (Lipinski definition) is 10. The van der Waals surface area contributed by atoms with Gasteiger partial charge in [0.05, 0.1) is 31.1 Å². The van der Waals surface area contributed by atoms with Crippen LogP contribution in [-0.4, -0.2) is 95.8 Å². The Bertz CT molecular complexity index is 1350. The predicted molar refractivity (Wildman–Crippen MR) is 148 cm³/mol. The van der Waals surface area contributed by atoms with Gasteiger partial charge in [-0.15, -0.1) is 5.53 Å². The normalized spacial score (nSPS) is 29.3. The van der Waals surface area contributed by atoms with E-state index in [1.54, 1.807) is 0 Å². The first-order chi connectivity index (χ1) is 20.5. The van der Waals surface area contributed by atoms with Gasteiger partial charge in [0.2, 0.25) is 0 Å². The highest BCUT2D eigenvalue weighted by Gasteiger charge is 2.53. The lowest BCUT2D eigenvalue weighted by molar-refractivity contribution is -0.218. The smallest absolute Gasteiger partial charge is 0.259 e. The Labute approximate surface area is 254 Å². The molecule has 1 amide bonds. The van der Waals surface area contributed by atoms with Gasteiger partial charge < -0.3 is 39.9 Å². The minimum atomic E-state index is -1.63. The molecule has 0 radical (unpaired) electrons. The number of carbonyl (C=O) groups is 1. The third kappa shape index (κ3) is 6.30. The fraction of sp³-hybridized carbons (Fsp3) is 0.444. The number of hydrogen-bond donors (Lipinski definition) is 5. The molecule has 3 aliphatic rings. The molecule has 2 aromatic carbocycles. The summed E-state index contributed by atoms with van der Waals surface area (Å²) in [6.45, 7) is -0.435. The van der Waals surface area contributed by atoms with Crippen LogP contribution in [0.1, 0.15) is 12.0 Å². The highest BCUT2D eigenvalue weighted by atomic mass is 35.5. The number of aliphatic hydroxyl groups excluding tert-OH is 3. The zero-order valence-electron chi connectivity index (χ0n) is 22.6. The highest BCUT2D eigenvalue weighted by molar-refractivity contribution is 6.35. The molecule has 3 heterocycles. The largest absolute Gasteiger partial charge is 0.394 e. The van der Waals surface area contributed by atoms with Crippen molar-refractivity contribution in [2.75, 3.05) is 31.8 Å². The van der Waals surface area contributed by atoms with Gasteiger partial charge in [0.1, 0.15) is 24.4 Å². The number of benzene rings is 2. The van der Waals surface area contributed by atoms with E-state index in [-0.39, 0.29) is 46.6 Å². The zero-order valence-corrected chi connectivity index (χ0v) is 24.1. The number of ether oxygens (including phenoxy) is 3. The Morgan fingerprint density at radius 3 is 2.42 bits per heavy atom. The highest BCUT2D eigenvalue weighted by Crippen LogP contribution is 2.34. The number of nitrogens with zero attached hydrogens (tertiary/aromatic N) is 2. The first-order valence-corrected chi connectivity index (χ1v) is 14.0. The molecular formula is C27H29Cl2F3N4O7. The molecule has 2 aromatic rings. The van der Waals surface area contributed by atoms with Crippen LogP contribution in [-0.2, 0) is 19.0 Å². The SMILES string of the molecule is CO[C@@H]1[C@@H](N2C=C(c3cc(F)c(F)c(F)c3)NN2)[C@@H](O)[C@@H](CO)O[C@H]1C(=O)N(c1cc(Cl)cc(Cl)c1)[C@H]1COCC[C@@H]1O. The van der Waals surface area contributed by atoms with Gasteiger partial charge in [-0.3, -0.25) is 9.80 Å². The van der Waals surface area contributed by atoms with Crippen LogP contribution < -0.4 is 15.9 Å². The summed E-state index contributed by atoms with van der Waals surface area (Å²) < 4.78 is 58.5. The van der Waals surface area contributed by atoms with Crippen LogP contribution in [0.25, 0.3) is 5.70 Å². The van der Waals surface area contributed by atoms with Gasteiger partial charge in [0.15, 0.2) is 23.6 Å². The summed E-state index contributed by atoms with van der Waals surface area (Å²) in [5.41, 5.74) is 5.71. The van der Waals surface area contributed by atoms with Crippen molar-refractivity contribution in [2.24, 2.45) is 0 Å². The molecule has 11 nitrogen and oxygen atoms in total. The molecule has 0 saturated carbocycles. The lowest BCUT2D eigenvalue weighted by atomic mass is 9.90. The van der Waals surface area contributed by atoms with Crippen LogP contribution >= 0.6 is 23.2 Å². The molecule has 3 aliphatic heterocycles. The molecule has 0 aliphatic carbocycles. The van der Waals surface area contributed by atoms with Crippen molar-refractivity contribution < 1.29 is 47.5 Å². The van der Waals surface area contributed by atoms with E-state index in [1.807, 2.05) is 0 Å². The molecule has 234 valence electrons. The Morgan fingerprint density at radius 1 is 1.14 bits per heavy atom. The summed E-state index contributed by atoms with van der Waals surface area (Å²) in [4.78, 5) is 15.6. The second kappa shape index (κ2) is 13.1. The van der Waals surface area contributed by atoms with Crippen molar-refractivity contribution in [1.29, 1.82) is 0 Å². The Hall–Kier alpha value is -2.66. The molecule has 2 fully saturated rings. The van der Waals surface area contributed by atoms with E-state index in [2.05, 4.69) is 11.0 Å². The average Bonchev–Trinajstić information content (AvgIpc) is 3.45. The predicted octanol–water partition coefficient (Wildman–Crippen LogP) is 1.72. The van der Waals surface area contributed by atoms with Crippen molar-refractivity contribution in [1.82, 2.24) is 16.0 Å². The topological polar surface area (TPSA) is 136 Å². The average molecular weight is 649 g/mol. The van der Waals surface area contributed by atoms with Gasteiger partial charge in [-0.05, 0) is 36.8 Å². The second-order valence-electron chi connectivity index (χ2n) is 10.2. The number of amides is 1. The van der Waals surface area contributed by atoms with Gasteiger partial charge in [-0.25, -0.2) is 13.2 Å². The minimum Gasteiger partial charge on any atom is -0.394 e. The Balaban J connectivity index is 1.52. The van der Waals surface area contributed by atoms with Crippen molar-refractivity contribution in [2.45, 2.75) is 49.0 Å². The maximum atomic E-state index is 14.4. The molecule has 5 N–H and O–H groups in total. The van der Waals surface area contributed by atoms with Gasteiger partial charge in [0.25, 0.3) is 5.91 Å². The minimum absolute atomic E-state index is 0.0224. The zero-order chi connectivity index (χ0) is 31.0. The summed E-state index contributed by atoms with van der Waals surface area (Å²) in [6.07, 6.45) is -4.85. The van der Waals surface area contributed by atoms with E-state index >= 15 is 0 Å². The summed E-state index contributed by atoms with van der Waals surface area (Å²) in [5, 5.41) is 33.9. The first kappa shape index (κ1) is 31.8. The quantitative estimate of drug-likeness (QED) is 0.283. The number of halogens is 5. The molecule has 43 heavy (non-hydrogen) atoms. The van der Waals surface area contributed by atoms with Crippen LogP contribution in [0, 0.1) is 17.5 Å². The van der Waals surface area contributed by atoms with Gasteiger partial charge >= 0.3 is 0 Å². The van der Waals surface area contributed by atoms with Crippen LogP contribution in [0.3, 0.4) is 0 Å². The molecule has 0 unspecified atom stereocenters. The van der Waals surface area contributed by atoms with Crippen LogP contribution in [0.5, 0.6) is 0 Å². The van der Waals surface area contributed by atoms with Crippen LogP contribution in [0.15, 0.2) is 36.5 Å². The van der Waals surface area contributed by atoms with Gasteiger partial charge in [-0.2, -0.15) is 0 Å². The van der Waals surface area contributed by atoms with E-state index in [0.29, 0.717) is 0 Å². The molecule has 0 bridgehead atoms. The summed E-state index contributed by atoms with van der Waals surface area (Å²) in [5.74, 6) is -5.15. The fourth-order valence-electron chi connectivity index (χ4n) is 5.48. The summed E-state index contributed by atoms with van der Waals surface area (Å²) in [6, 6.07) is 3.99. The Morgan fingerprint density at radius 2 is 1.81 bits per heavy atom. The van der Waals surface area contributed by atoms with Crippen LogP contribution in [0.4, 0.5) is 18.9 Å². The number of carbonyl (C=O) groups excluding carboxylic acids is 1. The summed E-state index contributed by atoms with van der Waals surface area (Å²) >= 11 is 12.5. The number of hydrazine groups is 2. The molecule has 0 aromatic heterocycles. The molecule has 16 heteroatoms. The van der Waals surface area contributed by atoms with Gasteiger partial charge in [-0.1, -0.05) is 23.2 Å². The maximum Gasteiger partial charge on any atom is 0.259 e. The van der Waals surface area contributed by atoms with E-state index in [1.165, 1.54) is 41.4 Å². The number of nitrogens with one attached hydrogen (secondary N) is 2. The maximum absolute atomic E-state index is 14.4. The number of rotatable bonds is 7. The van der Waals surface area contributed by atoms with Crippen molar-refractivity contribution in [3.05, 3.63) is 69.6 Å². The number of methoxy groups -OCH3 is 1. The summed E-state index contributed by atoms with van der Waals surface area (Å²) in [7, 11) is 1.28. The molecule has 5 rings (SSSR count). The van der Waals surface area contributed by atoms with E-state index in [4.69, 9.17) is 37.4 Å². The van der Waals surface area contributed by atoms with E-state index < -0.39 is 72.6 Å². The second-order valence-corrected chi connectivity index (χ2v) is 11.1. The third-order valence-electron chi connectivity index (χ3n) is 7.57. The van der Waals surface area contributed by atoms with Crippen LogP contribution in [0.2, 0.25) is 10.0 Å². The van der Waals surface area contributed by atoms with Crippen molar-refractivity contribution in [3.8, 4) is 0 Å². The number of aliphatic hydroxyl groups is 3. The van der Waals surface area contributed by atoms with Gasteiger partial charge in [0, 0.05) is 41.2 Å². The third-order valence-corrected chi connectivity index (χ3v) is 8.01. The molecular weight excluding hydrogens is 620 g/mol.